The molecule has 0 saturated heterocycles. The zero-order valence-electron chi connectivity index (χ0n) is 10.7. The Morgan fingerprint density at radius 3 is 2.06 bits per heavy atom. The van der Waals surface area contributed by atoms with Crippen LogP contribution in [0, 0.1) is 5.92 Å². The van der Waals surface area contributed by atoms with Crippen molar-refractivity contribution in [2.75, 3.05) is 5.75 Å². The minimum absolute atomic E-state index is 0.287. The summed E-state index contributed by atoms with van der Waals surface area (Å²) in [4.78, 5) is 1.32. The van der Waals surface area contributed by atoms with Crippen molar-refractivity contribution in [1.29, 1.82) is 0 Å². The molecule has 2 N–H and O–H groups in total. The first kappa shape index (κ1) is 13.6. The molecule has 1 unspecified atom stereocenters. The predicted molar refractivity (Wildman–Crippen MR) is 74.1 cm³/mol. The van der Waals surface area contributed by atoms with Gasteiger partial charge in [-0.05, 0) is 29.5 Å². The summed E-state index contributed by atoms with van der Waals surface area (Å²) in [7, 11) is 0. The lowest BCUT2D eigenvalue weighted by Crippen LogP contribution is -2.28. The topological polar surface area (TPSA) is 26.0 Å². The van der Waals surface area contributed by atoms with Gasteiger partial charge in [-0.3, -0.25) is 0 Å². The van der Waals surface area contributed by atoms with E-state index in [1.807, 2.05) is 11.8 Å². The molecule has 0 aromatic heterocycles. The van der Waals surface area contributed by atoms with Gasteiger partial charge in [0, 0.05) is 16.7 Å². The molecule has 1 atom stereocenters. The molecule has 0 spiro atoms. The first-order chi connectivity index (χ1) is 7.50. The van der Waals surface area contributed by atoms with Crippen LogP contribution in [0.2, 0.25) is 0 Å². The maximum atomic E-state index is 6.02. The van der Waals surface area contributed by atoms with E-state index >= 15 is 0 Å². The maximum Gasteiger partial charge on any atom is 0.0157 e. The van der Waals surface area contributed by atoms with Crippen LogP contribution >= 0.6 is 11.8 Å². The van der Waals surface area contributed by atoms with Gasteiger partial charge in [0.05, 0.1) is 0 Å². The van der Waals surface area contributed by atoms with Gasteiger partial charge in [0.25, 0.3) is 0 Å². The molecule has 16 heavy (non-hydrogen) atoms. The van der Waals surface area contributed by atoms with Gasteiger partial charge in [0.1, 0.15) is 0 Å². The molecule has 0 radical (unpaired) electrons. The zero-order valence-corrected chi connectivity index (χ0v) is 11.6. The van der Waals surface area contributed by atoms with Crippen molar-refractivity contribution in [3.63, 3.8) is 0 Å². The number of hydrogen-bond donors (Lipinski definition) is 1. The Balaban J connectivity index is 2.49. The highest BCUT2D eigenvalue weighted by molar-refractivity contribution is 7.99. The van der Waals surface area contributed by atoms with E-state index in [-0.39, 0.29) is 6.04 Å². The van der Waals surface area contributed by atoms with Crippen LogP contribution in [0.3, 0.4) is 0 Å². The van der Waals surface area contributed by atoms with Gasteiger partial charge >= 0.3 is 0 Å². The minimum Gasteiger partial charge on any atom is -0.327 e. The summed E-state index contributed by atoms with van der Waals surface area (Å²) in [5, 5.41) is 0. The first-order valence-corrected chi connectivity index (χ1v) is 6.97. The third-order valence-electron chi connectivity index (χ3n) is 2.85. The fourth-order valence-corrected chi connectivity index (χ4v) is 2.43. The van der Waals surface area contributed by atoms with E-state index in [2.05, 4.69) is 52.0 Å². The average molecular weight is 237 g/mol. The molecule has 0 saturated carbocycles. The molecule has 0 heterocycles. The van der Waals surface area contributed by atoms with Crippen LogP contribution in [0.15, 0.2) is 29.2 Å². The van der Waals surface area contributed by atoms with Crippen LogP contribution in [0.5, 0.6) is 0 Å². The second-order valence-electron chi connectivity index (χ2n) is 4.94. The molecular weight excluding hydrogens is 214 g/mol. The fourth-order valence-electron chi connectivity index (χ4n) is 1.33. The highest BCUT2D eigenvalue weighted by Gasteiger charge is 2.08. The molecule has 1 aromatic rings. The summed E-state index contributed by atoms with van der Waals surface area (Å²) in [6.07, 6.45) is 0. The third-order valence-corrected chi connectivity index (χ3v) is 4.00. The molecule has 90 valence electrons. The van der Waals surface area contributed by atoms with E-state index in [1.165, 1.54) is 10.5 Å². The van der Waals surface area contributed by atoms with Crippen LogP contribution in [0.25, 0.3) is 0 Å². The van der Waals surface area contributed by atoms with Crippen molar-refractivity contribution >= 4 is 11.8 Å². The molecular formula is C14H23NS. The van der Waals surface area contributed by atoms with Crippen molar-refractivity contribution in [2.45, 2.75) is 44.6 Å². The van der Waals surface area contributed by atoms with E-state index < -0.39 is 0 Å². The van der Waals surface area contributed by atoms with Crippen molar-refractivity contribution < 1.29 is 0 Å². The van der Waals surface area contributed by atoms with E-state index in [1.54, 1.807) is 0 Å². The van der Waals surface area contributed by atoms with Crippen LogP contribution < -0.4 is 5.73 Å². The summed E-state index contributed by atoms with van der Waals surface area (Å²) in [6, 6.07) is 9.12. The van der Waals surface area contributed by atoms with Crippen molar-refractivity contribution in [2.24, 2.45) is 11.7 Å². The average Bonchev–Trinajstić information content (AvgIpc) is 2.26. The Kier molecular flexibility index (Phi) is 5.36. The van der Waals surface area contributed by atoms with Crippen molar-refractivity contribution in [3.8, 4) is 0 Å². The Hall–Kier alpha value is -0.470. The van der Waals surface area contributed by atoms with E-state index in [0.29, 0.717) is 11.8 Å². The summed E-state index contributed by atoms with van der Waals surface area (Å²) in [6.45, 7) is 8.79. The van der Waals surface area contributed by atoms with Gasteiger partial charge in [-0.2, -0.15) is 0 Å². The molecule has 1 aromatic carbocycles. The molecule has 2 heteroatoms. The number of nitrogens with two attached hydrogens (primary N) is 1. The van der Waals surface area contributed by atoms with E-state index in [0.717, 1.165) is 5.75 Å². The Morgan fingerprint density at radius 1 is 1.06 bits per heavy atom. The quantitative estimate of drug-likeness (QED) is 0.786. The lowest BCUT2D eigenvalue weighted by molar-refractivity contribution is 0.535. The van der Waals surface area contributed by atoms with Crippen LogP contribution in [-0.4, -0.2) is 11.8 Å². The summed E-state index contributed by atoms with van der Waals surface area (Å²) in [5.74, 6) is 2.16. The number of benzene rings is 1. The van der Waals surface area contributed by atoms with Gasteiger partial charge in [-0.25, -0.2) is 0 Å². The van der Waals surface area contributed by atoms with E-state index in [9.17, 15) is 0 Å². The SMILES string of the molecule is CC(C)c1ccc(SCC(N)C(C)C)cc1. The predicted octanol–water partition coefficient (Wildman–Crippen LogP) is 3.89. The Labute approximate surface area is 104 Å². The smallest absolute Gasteiger partial charge is 0.0157 e. The lowest BCUT2D eigenvalue weighted by atomic mass is 10.0. The molecule has 0 aliphatic heterocycles. The zero-order chi connectivity index (χ0) is 12.1. The van der Waals surface area contributed by atoms with E-state index in [4.69, 9.17) is 5.73 Å². The van der Waals surface area contributed by atoms with Gasteiger partial charge in [-0.1, -0.05) is 39.8 Å². The summed E-state index contributed by atoms with van der Waals surface area (Å²) in [5.41, 5.74) is 7.42. The first-order valence-electron chi connectivity index (χ1n) is 5.99. The molecule has 1 rings (SSSR count). The number of rotatable bonds is 5. The molecule has 0 aliphatic rings. The highest BCUT2D eigenvalue weighted by Crippen LogP contribution is 2.23. The second-order valence-corrected chi connectivity index (χ2v) is 6.04. The molecule has 0 amide bonds. The number of thioether (sulfide) groups is 1. The minimum atomic E-state index is 0.287. The lowest BCUT2D eigenvalue weighted by Gasteiger charge is -2.15. The second kappa shape index (κ2) is 6.31. The van der Waals surface area contributed by atoms with Crippen molar-refractivity contribution in [1.82, 2.24) is 0 Å². The Morgan fingerprint density at radius 2 is 1.62 bits per heavy atom. The summed E-state index contributed by atoms with van der Waals surface area (Å²) < 4.78 is 0. The maximum absolute atomic E-state index is 6.02. The van der Waals surface area contributed by atoms with Crippen LogP contribution in [0.4, 0.5) is 0 Å². The Bertz CT molecular complexity index is 303. The van der Waals surface area contributed by atoms with Crippen molar-refractivity contribution in [3.05, 3.63) is 29.8 Å². The van der Waals surface area contributed by atoms with Gasteiger partial charge in [0.15, 0.2) is 0 Å². The molecule has 0 fully saturated rings. The molecule has 0 aliphatic carbocycles. The highest BCUT2D eigenvalue weighted by atomic mass is 32.2. The normalized spacial score (nSPS) is 13.4. The van der Waals surface area contributed by atoms with Gasteiger partial charge < -0.3 is 5.73 Å². The third kappa shape index (κ3) is 4.18. The van der Waals surface area contributed by atoms with Gasteiger partial charge in [0.2, 0.25) is 0 Å². The molecule has 0 bridgehead atoms. The summed E-state index contributed by atoms with van der Waals surface area (Å²) >= 11 is 1.85. The van der Waals surface area contributed by atoms with Crippen LogP contribution in [0.1, 0.15) is 39.2 Å². The van der Waals surface area contributed by atoms with Crippen LogP contribution in [-0.2, 0) is 0 Å². The van der Waals surface area contributed by atoms with Gasteiger partial charge in [-0.15, -0.1) is 11.8 Å². The standard InChI is InChI=1S/C14H23NS/c1-10(2)12-5-7-13(8-6-12)16-9-14(15)11(3)4/h5-8,10-11,14H,9,15H2,1-4H3. The number of hydrogen-bond acceptors (Lipinski definition) is 2. The molecule has 1 nitrogen and oxygen atoms in total. The monoisotopic (exact) mass is 237 g/mol. The largest absolute Gasteiger partial charge is 0.327 e. The fraction of sp³-hybridized carbons (Fsp3) is 0.571.